The van der Waals surface area contributed by atoms with Crippen molar-refractivity contribution in [2.75, 3.05) is 24.5 Å². The number of anilines is 1. The number of hydrogen-bond acceptors (Lipinski definition) is 3. The molecule has 0 atom stereocenters. The first kappa shape index (κ1) is 13.9. The summed E-state index contributed by atoms with van der Waals surface area (Å²) in [4.78, 5) is 2.43. The minimum absolute atomic E-state index is 0.462. The number of nitriles is 1. The third kappa shape index (κ3) is 3.71. The van der Waals surface area contributed by atoms with Crippen LogP contribution in [0.1, 0.15) is 32.3 Å². The fourth-order valence-electron chi connectivity index (χ4n) is 2.71. The van der Waals surface area contributed by atoms with E-state index < -0.39 is 0 Å². The van der Waals surface area contributed by atoms with Gasteiger partial charge in [0.2, 0.25) is 0 Å². The Balaban J connectivity index is 2.12. The zero-order valence-electron chi connectivity index (χ0n) is 11.9. The molecule has 3 nitrogen and oxygen atoms in total. The van der Waals surface area contributed by atoms with Crippen LogP contribution in [0.3, 0.4) is 0 Å². The highest BCUT2D eigenvalue weighted by Crippen LogP contribution is 2.23. The molecule has 2 rings (SSSR count). The molecular formula is C16H23N3. The van der Waals surface area contributed by atoms with Crippen molar-refractivity contribution in [2.24, 2.45) is 5.92 Å². The molecule has 0 aliphatic carbocycles. The molecule has 0 amide bonds. The molecule has 19 heavy (non-hydrogen) atoms. The van der Waals surface area contributed by atoms with E-state index >= 15 is 0 Å². The first-order valence-electron chi connectivity index (χ1n) is 7.18. The van der Waals surface area contributed by atoms with Crippen molar-refractivity contribution in [2.45, 2.75) is 32.7 Å². The fraction of sp³-hybridized carbons (Fsp3) is 0.562. The molecule has 1 saturated heterocycles. The molecule has 0 spiro atoms. The first-order valence-corrected chi connectivity index (χ1v) is 7.18. The largest absolute Gasteiger partial charge is 0.369 e. The summed E-state index contributed by atoms with van der Waals surface area (Å²) in [7, 11) is 0. The second kappa shape index (κ2) is 6.58. The molecule has 3 heteroatoms. The summed E-state index contributed by atoms with van der Waals surface area (Å²) in [5, 5.41) is 12.4. The van der Waals surface area contributed by atoms with Crippen molar-refractivity contribution in [3.8, 4) is 6.07 Å². The van der Waals surface area contributed by atoms with E-state index in [0.29, 0.717) is 6.04 Å². The Morgan fingerprint density at radius 3 is 2.74 bits per heavy atom. The van der Waals surface area contributed by atoms with Gasteiger partial charge >= 0.3 is 0 Å². The van der Waals surface area contributed by atoms with Crippen LogP contribution in [0.5, 0.6) is 0 Å². The number of nitrogens with one attached hydrogen (secondary N) is 1. The Labute approximate surface area is 116 Å². The van der Waals surface area contributed by atoms with Crippen molar-refractivity contribution in [1.29, 1.82) is 5.26 Å². The lowest BCUT2D eigenvalue weighted by Crippen LogP contribution is -2.39. The van der Waals surface area contributed by atoms with Crippen LogP contribution in [0.25, 0.3) is 0 Å². The molecule has 1 heterocycles. The van der Waals surface area contributed by atoms with E-state index in [0.717, 1.165) is 31.1 Å². The topological polar surface area (TPSA) is 39.1 Å². The van der Waals surface area contributed by atoms with E-state index in [1.807, 2.05) is 18.2 Å². The Morgan fingerprint density at radius 2 is 2.11 bits per heavy atom. The third-order valence-corrected chi connectivity index (χ3v) is 3.84. The van der Waals surface area contributed by atoms with Crippen LogP contribution in [0.2, 0.25) is 0 Å². The van der Waals surface area contributed by atoms with Crippen LogP contribution in [-0.4, -0.2) is 25.7 Å². The van der Waals surface area contributed by atoms with Gasteiger partial charge in [-0.15, -0.1) is 0 Å². The molecule has 1 aromatic rings. The van der Waals surface area contributed by atoms with Gasteiger partial charge in [-0.3, -0.25) is 0 Å². The molecular weight excluding hydrogens is 234 g/mol. The van der Waals surface area contributed by atoms with Gasteiger partial charge in [0.05, 0.1) is 11.6 Å². The summed E-state index contributed by atoms with van der Waals surface area (Å²) < 4.78 is 0. The van der Waals surface area contributed by atoms with E-state index in [-0.39, 0.29) is 0 Å². The van der Waals surface area contributed by atoms with E-state index in [1.165, 1.54) is 18.5 Å². The minimum atomic E-state index is 0.462. The molecule has 0 unspecified atom stereocenters. The summed E-state index contributed by atoms with van der Waals surface area (Å²) in [6.07, 6.45) is 2.50. The normalized spacial score (nSPS) is 16.3. The molecule has 0 saturated carbocycles. The summed E-state index contributed by atoms with van der Waals surface area (Å²) in [5.41, 5.74) is 1.92. The number of benzene rings is 1. The lowest BCUT2D eigenvalue weighted by atomic mass is 9.96. The molecule has 1 aliphatic rings. The van der Waals surface area contributed by atoms with Crippen molar-refractivity contribution in [1.82, 2.24) is 5.32 Å². The molecule has 102 valence electrons. The average Bonchev–Trinajstić information content (AvgIpc) is 2.45. The van der Waals surface area contributed by atoms with Gasteiger partial charge in [-0.2, -0.15) is 5.26 Å². The van der Waals surface area contributed by atoms with Crippen molar-refractivity contribution < 1.29 is 0 Å². The monoisotopic (exact) mass is 257 g/mol. The van der Waals surface area contributed by atoms with E-state index in [2.05, 4.69) is 36.2 Å². The first-order chi connectivity index (χ1) is 9.20. The molecule has 0 radical (unpaired) electrons. The van der Waals surface area contributed by atoms with E-state index in [1.54, 1.807) is 0 Å². The summed E-state index contributed by atoms with van der Waals surface area (Å²) in [6.45, 7) is 7.80. The molecule has 1 fully saturated rings. The van der Waals surface area contributed by atoms with Crippen LogP contribution in [0, 0.1) is 17.2 Å². The number of piperidine rings is 1. The summed E-state index contributed by atoms with van der Waals surface area (Å²) >= 11 is 0. The molecule has 0 aromatic heterocycles. The van der Waals surface area contributed by atoms with Gasteiger partial charge in [0.1, 0.15) is 0 Å². The highest BCUT2D eigenvalue weighted by Gasteiger charge is 2.19. The highest BCUT2D eigenvalue weighted by molar-refractivity contribution is 5.52. The van der Waals surface area contributed by atoms with Gasteiger partial charge < -0.3 is 10.2 Å². The van der Waals surface area contributed by atoms with E-state index in [9.17, 15) is 0 Å². The van der Waals surface area contributed by atoms with Crippen LogP contribution >= 0.6 is 0 Å². The number of rotatable bonds is 4. The summed E-state index contributed by atoms with van der Waals surface area (Å²) in [5.74, 6) is 0.759. The van der Waals surface area contributed by atoms with Crippen molar-refractivity contribution >= 4 is 5.69 Å². The molecule has 1 aliphatic heterocycles. The van der Waals surface area contributed by atoms with Gasteiger partial charge in [-0.25, -0.2) is 0 Å². The SMILES string of the molecule is CC(C)N(CC1CCNCC1)c1cccc(C#N)c1. The predicted molar refractivity (Wildman–Crippen MR) is 79.2 cm³/mol. The van der Waals surface area contributed by atoms with Crippen molar-refractivity contribution in [3.63, 3.8) is 0 Å². The Morgan fingerprint density at radius 1 is 1.37 bits per heavy atom. The quantitative estimate of drug-likeness (QED) is 0.901. The van der Waals surface area contributed by atoms with Gasteiger partial charge in [0.25, 0.3) is 0 Å². The Bertz CT molecular complexity index is 442. The lowest BCUT2D eigenvalue weighted by Gasteiger charge is -2.34. The maximum Gasteiger partial charge on any atom is 0.0992 e. The molecule has 0 bridgehead atoms. The summed E-state index contributed by atoms with van der Waals surface area (Å²) in [6, 6.07) is 10.6. The van der Waals surface area contributed by atoms with Crippen LogP contribution in [-0.2, 0) is 0 Å². The molecule has 1 N–H and O–H groups in total. The van der Waals surface area contributed by atoms with Crippen LogP contribution in [0.15, 0.2) is 24.3 Å². The Kier molecular flexibility index (Phi) is 4.81. The number of nitrogens with zero attached hydrogens (tertiary/aromatic N) is 2. The van der Waals surface area contributed by atoms with Gasteiger partial charge in [0.15, 0.2) is 0 Å². The van der Waals surface area contributed by atoms with Gasteiger partial charge in [0, 0.05) is 18.3 Å². The Hall–Kier alpha value is -1.53. The van der Waals surface area contributed by atoms with Gasteiger partial charge in [-0.05, 0) is 63.9 Å². The smallest absolute Gasteiger partial charge is 0.0992 e. The van der Waals surface area contributed by atoms with Gasteiger partial charge in [-0.1, -0.05) is 6.07 Å². The van der Waals surface area contributed by atoms with E-state index in [4.69, 9.17) is 5.26 Å². The number of hydrogen-bond donors (Lipinski definition) is 1. The second-order valence-electron chi connectivity index (χ2n) is 5.60. The zero-order chi connectivity index (χ0) is 13.7. The predicted octanol–water partition coefficient (Wildman–Crippen LogP) is 2.77. The zero-order valence-corrected chi connectivity index (χ0v) is 11.9. The molecule has 1 aromatic carbocycles. The lowest BCUT2D eigenvalue weighted by molar-refractivity contribution is 0.368. The standard InChI is InChI=1S/C16H23N3/c1-13(2)19(12-14-6-8-18-9-7-14)16-5-3-4-15(10-16)11-17/h3-5,10,13-14,18H,6-9,12H2,1-2H3. The fourth-order valence-corrected chi connectivity index (χ4v) is 2.71. The minimum Gasteiger partial charge on any atom is -0.369 e. The van der Waals surface area contributed by atoms with Crippen LogP contribution < -0.4 is 10.2 Å². The average molecular weight is 257 g/mol. The van der Waals surface area contributed by atoms with Crippen LogP contribution in [0.4, 0.5) is 5.69 Å². The maximum absolute atomic E-state index is 9.03. The highest BCUT2D eigenvalue weighted by atomic mass is 15.2. The van der Waals surface area contributed by atoms with Crippen molar-refractivity contribution in [3.05, 3.63) is 29.8 Å². The second-order valence-corrected chi connectivity index (χ2v) is 5.60. The maximum atomic E-state index is 9.03. The third-order valence-electron chi connectivity index (χ3n) is 3.84.